The molecule has 0 aliphatic heterocycles. The summed E-state index contributed by atoms with van der Waals surface area (Å²) in [5.74, 6) is -0.535. The molecule has 15 heavy (non-hydrogen) atoms. The van der Waals surface area contributed by atoms with Gasteiger partial charge in [0.05, 0.1) is 5.69 Å². The molecule has 0 atom stereocenters. The lowest BCUT2D eigenvalue weighted by molar-refractivity contribution is 0.478. The number of halogens is 1. The number of nitrogen functional groups attached to an aromatic ring is 1. The van der Waals surface area contributed by atoms with Gasteiger partial charge in [0.1, 0.15) is 11.6 Å². The molecule has 0 spiro atoms. The van der Waals surface area contributed by atoms with Crippen LogP contribution in [-0.2, 0) is 0 Å². The van der Waals surface area contributed by atoms with Gasteiger partial charge < -0.3 is 10.8 Å². The lowest BCUT2D eigenvalue weighted by Gasteiger charge is -2.07. The van der Waals surface area contributed by atoms with Crippen LogP contribution in [-0.4, -0.2) is 5.11 Å². The number of hydrogen-bond donors (Lipinski definition) is 2. The van der Waals surface area contributed by atoms with Gasteiger partial charge >= 0.3 is 0 Å². The Balaban J connectivity index is 2.63. The van der Waals surface area contributed by atoms with Crippen LogP contribution in [0.25, 0.3) is 11.1 Å². The number of aromatic hydroxyl groups is 1. The first-order valence-corrected chi connectivity index (χ1v) is 4.52. The first-order valence-electron chi connectivity index (χ1n) is 4.52. The van der Waals surface area contributed by atoms with Crippen LogP contribution in [0.5, 0.6) is 5.75 Å². The molecule has 0 aromatic heterocycles. The SMILES string of the molecule is Nc1cc(F)cc(-c2ccccc2)c1O. The van der Waals surface area contributed by atoms with Crippen molar-refractivity contribution in [1.29, 1.82) is 0 Å². The van der Waals surface area contributed by atoms with E-state index in [9.17, 15) is 9.50 Å². The Morgan fingerprint density at radius 2 is 1.73 bits per heavy atom. The average Bonchev–Trinajstić information content (AvgIpc) is 2.24. The lowest BCUT2D eigenvalue weighted by Crippen LogP contribution is -1.90. The minimum absolute atomic E-state index is 0.0499. The third kappa shape index (κ3) is 1.76. The standard InChI is InChI=1S/C12H10FNO/c13-9-6-10(12(15)11(14)7-9)8-4-2-1-3-5-8/h1-7,15H,14H2. The number of rotatable bonds is 1. The molecule has 2 aromatic carbocycles. The smallest absolute Gasteiger partial charge is 0.146 e. The van der Waals surface area contributed by atoms with Crippen LogP contribution in [0.2, 0.25) is 0 Å². The minimum atomic E-state index is -0.454. The quantitative estimate of drug-likeness (QED) is 0.553. The predicted molar refractivity (Wildman–Crippen MR) is 57.9 cm³/mol. The maximum Gasteiger partial charge on any atom is 0.146 e. The van der Waals surface area contributed by atoms with Crippen molar-refractivity contribution in [2.45, 2.75) is 0 Å². The second-order valence-electron chi connectivity index (χ2n) is 3.26. The van der Waals surface area contributed by atoms with Gasteiger partial charge in [0.15, 0.2) is 0 Å². The molecule has 2 aromatic rings. The van der Waals surface area contributed by atoms with Gasteiger partial charge in [-0.05, 0) is 11.6 Å². The largest absolute Gasteiger partial charge is 0.505 e. The first-order chi connectivity index (χ1) is 7.18. The molecular weight excluding hydrogens is 193 g/mol. The van der Waals surface area contributed by atoms with Crippen molar-refractivity contribution in [2.24, 2.45) is 0 Å². The van der Waals surface area contributed by atoms with Gasteiger partial charge in [0.25, 0.3) is 0 Å². The Morgan fingerprint density at radius 1 is 1.07 bits per heavy atom. The molecule has 0 saturated carbocycles. The highest BCUT2D eigenvalue weighted by atomic mass is 19.1. The monoisotopic (exact) mass is 203 g/mol. The fourth-order valence-electron chi connectivity index (χ4n) is 1.46. The first kappa shape index (κ1) is 9.52. The van der Waals surface area contributed by atoms with Gasteiger partial charge in [-0.25, -0.2) is 4.39 Å². The summed E-state index contributed by atoms with van der Waals surface area (Å²) >= 11 is 0. The van der Waals surface area contributed by atoms with Gasteiger partial charge in [0, 0.05) is 11.6 Å². The van der Waals surface area contributed by atoms with E-state index in [1.165, 1.54) is 6.07 Å². The summed E-state index contributed by atoms with van der Waals surface area (Å²) in [6.45, 7) is 0. The van der Waals surface area contributed by atoms with E-state index in [-0.39, 0.29) is 11.4 Å². The molecule has 76 valence electrons. The Hall–Kier alpha value is -2.03. The number of nitrogens with two attached hydrogens (primary N) is 1. The molecule has 0 aliphatic rings. The van der Waals surface area contributed by atoms with Gasteiger partial charge in [-0.3, -0.25) is 0 Å². The van der Waals surface area contributed by atoms with E-state index < -0.39 is 5.82 Å². The number of anilines is 1. The van der Waals surface area contributed by atoms with E-state index in [0.29, 0.717) is 5.56 Å². The number of benzene rings is 2. The molecule has 3 N–H and O–H groups in total. The summed E-state index contributed by atoms with van der Waals surface area (Å²) in [5, 5.41) is 9.68. The molecule has 0 saturated heterocycles. The Labute approximate surface area is 86.8 Å². The van der Waals surface area contributed by atoms with Crippen LogP contribution in [0.15, 0.2) is 42.5 Å². The molecule has 3 heteroatoms. The van der Waals surface area contributed by atoms with Crippen LogP contribution in [0.4, 0.5) is 10.1 Å². The van der Waals surface area contributed by atoms with Crippen molar-refractivity contribution < 1.29 is 9.50 Å². The highest BCUT2D eigenvalue weighted by Crippen LogP contribution is 2.34. The van der Waals surface area contributed by atoms with Crippen LogP contribution in [0.3, 0.4) is 0 Å². The Kier molecular flexibility index (Phi) is 2.29. The van der Waals surface area contributed by atoms with E-state index in [2.05, 4.69) is 0 Å². The summed E-state index contributed by atoms with van der Waals surface area (Å²) in [5.41, 5.74) is 6.67. The summed E-state index contributed by atoms with van der Waals surface area (Å²) in [6, 6.07) is 11.4. The molecule has 0 bridgehead atoms. The van der Waals surface area contributed by atoms with Gasteiger partial charge in [-0.1, -0.05) is 30.3 Å². The zero-order valence-corrected chi connectivity index (χ0v) is 7.94. The summed E-state index contributed by atoms with van der Waals surface area (Å²) in [6.07, 6.45) is 0. The van der Waals surface area contributed by atoms with Crippen LogP contribution < -0.4 is 5.73 Å². The maximum absolute atomic E-state index is 13.1. The molecule has 0 aliphatic carbocycles. The number of hydrogen-bond acceptors (Lipinski definition) is 2. The second-order valence-corrected chi connectivity index (χ2v) is 3.26. The fraction of sp³-hybridized carbons (Fsp3) is 0. The second kappa shape index (κ2) is 3.61. The van der Waals surface area contributed by atoms with Crippen LogP contribution >= 0.6 is 0 Å². The lowest BCUT2D eigenvalue weighted by atomic mass is 10.0. The highest BCUT2D eigenvalue weighted by molar-refractivity contribution is 5.76. The third-order valence-corrected chi connectivity index (χ3v) is 2.19. The van der Waals surface area contributed by atoms with Crippen LogP contribution in [0, 0.1) is 5.82 Å². The van der Waals surface area contributed by atoms with E-state index in [0.717, 1.165) is 11.6 Å². The van der Waals surface area contributed by atoms with Crippen molar-refractivity contribution >= 4 is 5.69 Å². The third-order valence-electron chi connectivity index (χ3n) is 2.19. The zero-order valence-electron chi connectivity index (χ0n) is 7.94. The van der Waals surface area contributed by atoms with Crippen molar-refractivity contribution in [1.82, 2.24) is 0 Å². The van der Waals surface area contributed by atoms with Crippen molar-refractivity contribution in [2.75, 3.05) is 5.73 Å². The molecule has 0 fully saturated rings. The predicted octanol–water partition coefficient (Wildman–Crippen LogP) is 2.78. The summed E-state index contributed by atoms with van der Waals surface area (Å²) in [4.78, 5) is 0. The van der Waals surface area contributed by atoms with Gasteiger partial charge in [0.2, 0.25) is 0 Å². The zero-order chi connectivity index (χ0) is 10.8. The van der Waals surface area contributed by atoms with Crippen molar-refractivity contribution in [3.63, 3.8) is 0 Å². The summed E-state index contributed by atoms with van der Waals surface area (Å²) < 4.78 is 13.1. The van der Waals surface area contributed by atoms with Gasteiger partial charge in [-0.2, -0.15) is 0 Å². The minimum Gasteiger partial charge on any atom is -0.505 e. The molecule has 0 unspecified atom stereocenters. The molecule has 0 radical (unpaired) electrons. The molecular formula is C12H10FNO. The molecule has 2 nitrogen and oxygen atoms in total. The Bertz CT molecular complexity index is 482. The number of phenolic OH excluding ortho intramolecular Hbond substituents is 1. The van der Waals surface area contributed by atoms with Gasteiger partial charge in [-0.15, -0.1) is 0 Å². The summed E-state index contributed by atoms with van der Waals surface area (Å²) in [7, 11) is 0. The number of phenols is 1. The van der Waals surface area contributed by atoms with E-state index in [4.69, 9.17) is 5.73 Å². The molecule has 0 heterocycles. The van der Waals surface area contributed by atoms with E-state index in [1.807, 2.05) is 18.2 Å². The van der Waals surface area contributed by atoms with E-state index in [1.54, 1.807) is 12.1 Å². The molecule has 0 amide bonds. The fourth-order valence-corrected chi connectivity index (χ4v) is 1.46. The van der Waals surface area contributed by atoms with Crippen LogP contribution in [0.1, 0.15) is 0 Å². The normalized spacial score (nSPS) is 10.2. The van der Waals surface area contributed by atoms with Crippen molar-refractivity contribution in [3.05, 3.63) is 48.3 Å². The van der Waals surface area contributed by atoms with E-state index >= 15 is 0 Å². The highest BCUT2D eigenvalue weighted by Gasteiger charge is 2.09. The van der Waals surface area contributed by atoms with Crippen molar-refractivity contribution in [3.8, 4) is 16.9 Å². The molecule has 2 rings (SSSR count). The maximum atomic E-state index is 13.1. The average molecular weight is 203 g/mol. The Morgan fingerprint density at radius 3 is 2.40 bits per heavy atom. The topological polar surface area (TPSA) is 46.2 Å².